The van der Waals surface area contributed by atoms with Gasteiger partial charge in [-0.05, 0) is 25.5 Å². The minimum Gasteiger partial charge on any atom is -0.192 e. The maximum absolute atomic E-state index is 8.59. The molecule has 2 nitrogen and oxygen atoms in total. The molecule has 0 aromatic heterocycles. The largest absolute Gasteiger partial charge is 0.192 e. The Morgan fingerprint density at radius 3 is 2.00 bits per heavy atom. The highest BCUT2D eigenvalue weighted by atomic mass is 14.3. The van der Waals surface area contributed by atoms with E-state index >= 15 is 0 Å². The molecule has 0 amide bonds. The van der Waals surface area contributed by atoms with Crippen molar-refractivity contribution in [3.05, 3.63) is 40.5 Å². The summed E-state index contributed by atoms with van der Waals surface area (Å²) in [7, 11) is 0. The SMILES string of the molecule is Cc1cc(C)cc(C=C(C#N)C#N)c1. The summed E-state index contributed by atoms with van der Waals surface area (Å²) in [6, 6.07) is 9.62. The lowest BCUT2D eigenvalue weighted by atomic mass is 10.1. The van der Waals surface area contributed by atoms with E-state index in [4.69, 9.17) is 10.5 Å². The first kappa shape index (κ1) is 10.0. The van der Waals surface area contributed by atoms with Crippen LogP contribution in [0.25, 0.3) is 6.08 Å². The topological polar surface area (TPSA) is 47.6 Å². The number of hydrogen-bond acceptors (Lipinski definition) is 2. The van der Waals surface area contributed by atoms with E-state index in [9.17, 15) is 0 Å². The van der Waals surface area contributed by atoms with Gasteiger partial charge in [-0.2, -0.15) is 10.5 Å². The average molecular weight is 182 g/mol. The standard InChI is InChI=1S/C12H10N2/c1-9-3-10(2)5-11(4-9)6-12(7-13)8-14/h3-6H,1-2H3. The van der Waals surface area contributed by atoms with Crippen molar-refractivity contribution < 1.29 is 0 Å². The predicted molar refractivity (Wildman–Crippen MR) is 55.1 cm³/mol. The van der Waals surface area contributed by atoms with Crippen LogP contribution in [0.4, 0.5) is 0 Å². The maximum Gasteiger partial charge on any atom is 0.130 e. The zero-order valence-corrected chi connectivity index (χ0v) is 8.20. The lowest BCUT2D eigenvalue weighted by Crippen LogP contribution is -1.81. The Morgan fingerprint density at radius 1 is 1.07 bits per heavy atom. The fourth-order valence-corrected chi connectivity index (χ4v) is 1.35. The normalized spacial score (nSPS) is 8.57. The minimum absolute atomic E-state index is 0.134. The van der Waals surface area contributed by atoms with Gasteiger partial charge in [-0.1, -0.05) is 29.3 Å². The molecule has 0 saturated heterocycles. The van der Waals surface area contributed by atoms with E-state index in [1.165, 1.54) is 0 Å². The summed E-state index contributed by atoms with van der Waals surface area (Å²) in [6.07, 6.45) is 1.60. The van der Waals surface area contributed by atoms with E-state index in [0.717, 1.165) is 16.7 Å². The molecule has 0 radical (unpaired) electrons. The molecule has 1 rings (SSSR count). The molecule has 2 heteroatoms. The summed E-state index contributed by atoms with van der Waals surface area (Å²) in [5.74, 6) is 0. The number of nitrogens with zero attached hydrogens (tertiary/aromatic N) is 2. The van der Waals surface area contributed by atoms with Gasteiger partial charge in [0.05, 0.1) is 0 Å². The molecule has 0 unspecified atom stereocenters. The fourth-order valence-electron chi connectivity index (χ4n) is 1.35. The molecule has 0 heterocycles. The van der Waals surface area contributed by atoms with Crippen molar-refractivity contribution in [2.24, 2.45) is 0 Å². The van der Waals surface area contributed by atoms with E-state index in [1.807, 2.05) is 38.1 Å². The molecule has 0 fully saturated rings. The summed E-state index contributed by atoms with van der Waals surface area (Å²) in [5.41, 5.74) is 3.30. The number of hydrogen-bond donors (Lipinski definition) is 0. The van der Waals surface area contributed by atoms with Gasteiger partial charge in [0.2, 0.25) is 0 Å². The van der Waals surface area contributed by atoms with Crippen molar-refractivity contribution in [3.63, 3.8) is 0 Å². The maximum atomic E-state index is 8.59. The van der Waals surface area contributed by atoms with Gasteiger partial charge in [0.1, 0.15) is 17.7 Å². The third-order valence-electron chi connectivity index (χ3n) is 1.80. The van der Waals surface area contributed by atoms with E-state index in [-0.39, 0.29) is 5.57 Å². The Morgan fingerprint density at radius 2 is 1.57 bits per heavy atom. The van der Waals surface area contributed by atoms with Gasteiger partial charge in [0.15, 0.2) is 0 Å². The molecule has 0 aliphatic heterocycles. The molecular weight excluding hydrogens is 172 g/mol. The van der Waals surface area contributed by atoms with Crippen LogP contribution < -0.4 is 0 Å². The molecule has 68 valence electrons. The summed E-state index contributed by atoms with van der Waals surface area (Å²) in [5, 5.41) is 17.2. The van der Waals surface area contributed by atoms with Gasteiger partial charge in [0.25, 0.3) is 0 Å². The van der Waals surface area contributed by atoms with Gasteiger partial charge < -0.3 is 0 Å². The van der Waals surface area contributed by atoms with Crippen molar-refractivity contribution in [1.29, 1.82) is 10.5 Å². The van der Waals surface area contributed by atoms with Gasteiger partial charge in [-0.15, -0.1) is 0 Å². The third-order valence-corrected chi connectivity index (χ3v) is 1.80. The Labute approximate surface area is 83.7 Å². The van der Waals surface area contributed by atoms with Gasteiger partial charge in [-0.25, -0.2) is 0 Å². The van der Waals surface area contributed by atoms with Crippen LogP contribution in [0.15, 0.2) is 23.8 Å². The first-order valence-corrected chi connectivity index (χ1v) is 4.26. The molecule has 0 saturated carbocycles. The summed E-state index contributed by atoms with van der Waals surface area (Å²) >= 11 is 0. The van der Waals surface area contributed by atoms with E-state index in [1.54, 1.807) is 6.08 Å². The molecule has 0 bridgehead atoms. The van der Waals surface area contributed by atoms with Crippen LogP contribution in [-0.2, 0) is 0 Å². The number of nitriles is 2. The first-order valence-electron chi connectivity index (χ1n) is 4.26. The van der Waals surface area contributed by atoms with Crippen molar-refractivity contribution in [1.82, 2.24) is 0 Å². The summed E-state index contributed by atoms with van der Waals surface area (Å²) < 4.78 is 0. The second-order valence-corrected chi connectivity index (χ2v) is 3.20. The molecule has 0 aliphatic carbocycles. The van der Waals surface area contributed by atoms with Crippen LogP contribution in [0.3, 0.4) is 0 Å². The second kappa shape index (κ2) is 4.25. The Bertz CT molecular complexity index is 420. The van der Waals surface area contributed by atoms with Crippen LogP contribution in [0.2, 0.25) is 0 Å². The minimum atomic E-state index is 0.134. The molecule has 14 heavy (non-hydrogen) atoms. The smallest absolute Gasteiger partial charge is 0.130 e. The highest BCUT2D eigenvalue weighted by Crippen LogP contribution is 2.12. The van der Waals surface area contributed by atoms with E-state index in [0.29, 0.717) is 0 Å². The fraction of sp³-hybridized carbons (Fsp3) is 0.167. The molecule has 1 aromatic carbocycles. The zero-order valence-electron chi connectivity index (χ0n) is 8.20. The van der Waals surface area contributed by atoms with Crippen molar-refractivity contribution >= 4 is 6.08 Å². The second-order valence-electron chi connectivity index (χ2n) is 3.20. The van der Waals surface area contributed by atoms with Crippen LogP contribution >= 0.6 is 0 Å². The molecular formula is C12H10N2. The van der Waals surface area contributed by atoms with Gasteiger partial charge in [0, 0.05) is 0 Å². The van der Waals surface area contributed by atoms with Crippen LogP contribution in [-0.4, -0.2) is 0 Å². The Balaban J connectivity index is 3.17. The van der Waals surface area contributed by atoms with Crippen LogP contribution in [0.5, 0.6) is 0 Å². The monoisotopic (exact) mass is 182 g/mol. The number of rotatable bonds is 1. The average Bonchev–Trinajstić information content (AvgIpc) is 2.12. The van der Waals surface area contributed by atoms with Crippen molar-refractivity contribution in [2.45, 2.75) is 13.8 Å². The molecule has 0 N–H and O–H groups in total. The number of allylic oxidation sites excluding steroid dienone is 1. The van der Waals surface area contributed by atoms with Crippen molar-refractivity contribution in [2.75, 3.05) is 0 Å². The number of benzene rings is 1. The third kappa shape index (κ3) is 2.47. The van der Waals surface area contributed by atoms with Crippen LogP contribution in [0.1, 0.15) is 16.7 Å². The Hall–Kier alpha value is -2.06. The molecule has 1 aromatic rings. The zero-order chi connectivity index (χ0) is 10.6. The Kier molecular flexibility index (Phi) is 3.05. The quantitative estimate of drug-likeness (QED) is 0.627. The summed E-state index contributed by atoms with van der Waals surface area (Å²) in [4.78, 5) is 0. The molecule has 0 spiro atoms. The highest BCUT2D eigenvalue weighted by Gasteiger charge is 1.95. The lowest BCUT2D eigenvalue weighted by molar-refractivity contribution is 1.37. The molecule has 0 atom stereocenters. The van der Waals surface area contributed by atoms with E-state index < -0.39 is 0 Å². The highest BCUT2D eigenvalue weighted by molar-refractivity contribution is 5.62. The predicted octanol–water partition coefficient (Wildman–Crippen LogP) is 2.73. The number of aryl methyl sites for hydroxylation is 2. The lowest BCUT2D eigenvalue weighted by Gasteiger charge is -1.99. The van der Waals surface area contributed by atoms with Gasteiger partial charge in [-0.3, -0.25) is 0 Å². The van der Waals surface area contributed by atoms with E-state index in [2.05, 4.69) is 6.07 Å². The van der Waals surface area contributed by atoms with Gasteiger partial charge >= 0.3 is 0 Å². The molecule has 0 aliphatic rings. The van der Waals surface area contributed by atoms with Crippen LogP contribution in [0, 0.1) is 36.5 Å². The first-order chi connectivity index (χ1) is 6.65. The van der Waals surface area contributed by atoms with Crippen molar-refractivity contribution in [3.8, 4) is 12.1 Å². The summed E-state index contributed by atoms with van der Waals surface area (Å²) in [6.45, 7) is 3.98.